The molecule has 160 valence electrons. The predicted octanol–water partition coefficient (Wildman–Crippen LogP) is 4.30. The number of hydrogen-bond acceptors (Lipinski definition) is 5. The molecule has 0 aliphatic carbocycles. The summed E-state index contributed by atoms with van der Waals surface area (Å²) in [7, 11) is 0. The summed E-state index contributed by atoms with van der Waals surface area (Å²) in [6, 6.07) is 18.5. The van der Waals surface area contributed by atoms with Crippen LogP contribution in [-0.2, 0) is 16.7 Å². The SMILES string of the molecule is Cc1nn(-c2ccc(Sc3cccc(C4(C#N)CCOCC4)c3)cc2)c(=O)n1CCCl. The van der Waals surface area contributed by atoms with Gasteiger partial charge in [0.25, 0.3) is 0 Å². The maximum Gasteiger partial charge on any atom is 0.350 e. The van der Waals surface area contributed by atoms with Crippen LogP contribution in [0.15, 0.2) is 63.1 Å². The second-order valence-corrected chi connectivity index (χ2v) is 9.04. The highest BCUT2D eigenvalue weighted by Gasteiger charge is 2.34. The van der Waals surface area contributed by atoms with Crippen LogP contribution in [0.3, 0.4) is 0 Å². The van der Waals surface area contributed by atoms with Gasteiger partial charge in [0.15, 0.2) is 0 Å². The van der Waals surface area contributed by atoms with Crippen LogP contribution in [0.2, 0.25) is 0 Å². The first-order chi connectivity index (χ1) is 15.1. The molecule has 2 heterocycles. The molecule has 0 amide bonds. The highest BCUT2D eigenvalue weighted by Crippen LogP contribution is 2.37. The van der Waals surface area contributed by atoms with Crippen LogP contribution in [0, 0.1) is 18.3 Å². The summed E-state index contributed by atoms with van der Waals surface area (Å²) < 4.78 is 8.43. The topological polar surface area (TPSA) is 72.8 Å². The molecule has 0 bridgehead atoms. The predicted molar refractivity (Wildman–Crippen MR) is 121 cm³/mol. The number of benzene rings is 2. The normalized spacial score (nSPS) is 15.5. The largest absolute Gasteiger partial charge is 0.381 e. The number of halogens is 1. The smallest absolute Gasteiger partial charge is 0.350 e. The molecule has 1 aliphatic heterocycles. The number of ether oxygens (including phenoxy) is 1. The number of aromatic nitrogens is 3. The van der Waals surface area contributed by atoms with Crippen molar-refractivity contribution in [2.45, 2.75) is 41.5 Å². The van der Waals surface area contributed by atoms with Crippen LogP contribution in [-0.4, -0.2) is 33.4 Å². The summed E-state index contributed by atoms with van der Waals surface area (Å²) >= 11 is 7.42. The molecule has 1 fully saturated rings. The zero-order valence-electron chi connectivity index (χ0n) is 17.3. The van der Waals surface area contributed by atoms with Crippen molar-refractivity contribution in [3.8, 4) is 11.8 Å². The second-order valence-electron chi connectivity index (χ2n) is 7.51. The minimum Gasteiger partial charge on any atom is -0.381 e. The lowest BCUT2D eigenvalue weighted by atomic mass is 9.75. The lowest BCUT2D eigenvalue weighted by molar-refractivity contribution is 0.0675. The molecule has 0 N–H and O–H groups in total. The van der Waals surface area contributed by atoms with Crippen molar-refractivity contribution in [1.82, 2.24) is 14.3 Å². The number of nitrogens with zero attached hydrogens (tertiary/aromatic N) is 4. The average Bonchev–Trinajstić information content (AvgIpc) is 3.09. The Kier molecular flexibility index (Phi) is 6.51. The third kappa shape index (κ3) is 4.42. The van der Waals surface area contributed by atoms with Crippen LogP contribution >= 0.6 is 23.4 Å². The number of nitriles is 1. The first kappa shape index (κ1) is 21.7. The van der Waals surface area contributed by atoms with Crippen LogP contribution in [0.25, 0.3) is 5.69 Å². The number of aryl methyl sites for hydroxylation is 1. The van der Waals surface area contributed by atoms with Crippen LogP contribution in [0.5, 0.6) is 0 Å². The highest BCUT2D eigenvalue weighted by molar-refractivity contribution is 7.99. The summed E-state index contributed by atoms with van der Waals surface area (Å²) in [5.41, 5.74) is 1.10. The van der Waals surface area contributed by atoms with Crippen molar-refractivity contribution in [2.24, 2.45) is 0 Å². The van der Waals surface area contributed by atoms with E-state index in [-0.39, 0.29) is 5.69 Å². The molecule has 8 heteroatoms. The Morgan fingerprint density at radius 3 is 2.61 bits per heavy atom. The first-order valence-electron chi connectivity index (χ1n) is 10.2. The van der Waals surface area contributed by atoms with Crippen molar-refractivity contribution in [3.63, 3.8) is 0 Å². The van der Waals surface area contributed by atoms with Crippen molar-refractivity contribution < 1.29 is 4.74 Å². The van der Waals surface area contributed by atoms with Gasteiger partial charge in [0, 0.05) is 35.4 Å². The monoisotopic (exact) mass is 454 g/mol. The van der Waals surface area contributed by atoms with Gasteiger partial charge in [-0.25, -0.2) is 4.79 Å². The van der Waals surface area contributed by atoms with Gasteiger partial charge in [0.1, 0.15) is 5.82 Å². The molecular weight excluding hydrogens is 432 g/mol. The maximum atomic E-state index is 12.6. The Balaban J connectivity index is 1.55. The zero-order valence-corrected chi connectivity index (χ0v) is 18.8. The molecule has 4 rings (SSSR count). The van der Waals surface area contributed by atoms with Gasteiger partial charge in [0.05, 0.1) is 17.2 Å². The van der Waals surface area contributed by atoms with E-state index in [0.29, 0.717) is 37.2 Å². The molecule has 1 aliphatic rings. The quantitative estimate of drug-likeness (QED) is 0.519. The molecule has 1 aromatic heterocycles. The molecule has 31 heavy (non-hydrogen) atoms. The fourth-order valence-electron chi connectivity index (χ4n) is 3.84. The number of rotatable bonds is 6. The fraction of sp³-hybridized carbons (Fsp3) is 0.348. The summed E-state index contributed by atoms with van der Waals surface area (Å²) in [5.74, 6) is 1.00. The van der Waals surface area contributed by atoms with Gasteiger partial charge in [-0.2, -0.15) is 15.0 Å². The standard InChI is InChI=1S/C23H23ClN4O2S/c1-17-26-28(22(29)27(17)12-11-24)19-5-7-20(8-6-19)31-21-4-2-3-18(15-21)23(16-25)9-13-30-14-10-23/h2-8,15H,9-14H2,1H3. The van der Waals surface area contributed by atoms with E-state index in [1.807, 2.05) is 42.5 Å². The van der Waals surface area contributed by atoms with Crippen LogP contribution in [0.4, 0.5) is 0 Å². The van der Waals surface area contributed by atoms with E-state index in [2.05, 4.69) is 17.2 Å². The van der Waals surface area contributed by atoms with E-state index >= 15 is 0 Å². The summed E-state index contributed by atoms with van der Waals surface area (Å²) in [5, 5.41) is 14.2. The summed E-state index contributed by atoms with van der Waals surface area (Å²) in [4.78, 5) is 14.7. The highest BCUT2D eigenvalue weighted by atomic mass is 35.5. The van der Waals surface area contributed by atoms with Crippen molar-refractivity contribution in [3.05, 3.63) is 70.4 Å². The van der Waals surface area contributed by atoms with E-state index in [1.54, 1.807) is 23.3 Å². The Hall–Kier alpha value is -2.53. The second kappa shape index (κ2) is 9.31. The van der Waals surface area contributed by atoms with Crippen molar-refractivity contribution in [2.75, 3.05) is 19.1 Å². The van der Waals surface area contributed by atoms with Gasteiger partial charge in [-0.05, 0) is 61.7 Å². The Morgan fingerprint density at radius 1 is 1.19 bits per heavy atom. The van der Waals surface area contributed by atoms with Gasteiger partial charge in [-0.1, -0.05) is 23.9 Å². The van der Waals surface area contributed by atoms with E-state index in [1.165, 1.54) is 4.68 Å². The minimum absolute atomic E-state index is 0.190. The molecule has 0 atom stereocenters. The summed E-state index contributed by atoms with van der Waals surface area (Å²) in [6.45, 7) is 3.47. The average molecular weight is 455 g/mol. The molecular formula is C23H23ClN4O2S. The van der Waals surface area contributed by atoms with Gasteiger partial charge in [-0.3, -0.25) is 4.57 Å². The van der Waals surface area contributed by atoms with E-state index < -0.39 is 5.41 Å². The lowest BCUT2D eigenvalue weighted by Gasteiger charge is -2.31. The van der Waals surface area contributed by atoms with E-state index in [0.717, 1.165) is 28.2 Å². The van der Waals surface area contributed by atoms with Crippen LogP contribution in [0.1, 0.15) is 24.2 Å². The third-order valence-corrected chi connectivity index (χ3v) is 6.79. The molecule has 2 aromatic carbocycles. The number of hydrogen-bond donors (Lipinski definition) is 0. The van der Waals surface area contributed by atoms with E-state index in [9.17, 15) is 10.1 Å². The fourth-order valence-corrected chi connectivity index (χ4v) is 4.88. The van der Waals surface area contributed by atoms with Gasteiger partial charge in [0.2, 0.25) is 0 Å². The molecule has 0 saturated carbocycles. The Labute approximate surface area is 190 Å². The van der Waals surface area contributed by atoms with E-state index in [4.69, 9.17) is 16.3 Å². The van der Waals surface area contributed by atoms with Crippen molar-refractivity contribution >= 4 is 23.4 Å². The molecule has 3 aromatic rings. The zero-order chi connectivity index (χ0) is 21.8. The Bertz CT molecular complexity index is 1160. The molecule has 0 unspecified atom stereocenters. The molecule has 6 nitrogen and oxygen atoms in total. The van der Waals surface area contributed by atoms with Gasteiger partial charge in [-0.15, -0.1) is 11.6 Å². The first-order valence-corrected chi connectivity index (χ1v) is 11.5. The molecule has 1 saturated heterocycles. The van der Waals surface area contributed by atoms with Crippen LogP contribution < -0.4 is 5.69 Å². The maximum absolute atomic E-state index is 12.6. The molecule has 0 spiro atoms. The van der Waals surface area contributed by atoms with Gasteiger partial charge < -0.3 is 4.74 Å². The third-order valence-electron chi connectivity index (χ3n) is 5.62. The number of alkyl halides is 1. The minimum atomic E-state index is -0.473. The van der Waals surface area contributed by atoms with Gasteiger partial charge >= 0.3 is 5.69 Å². The summed E-state index contributed by atoms with van der Waals surface area (Å²) in [6.07, 6.45) is 1.44. The molecule has 0 radical (unpaired) electrons. The van der Waals surface area contributed by atoms with Crippen molar-refractivity contribution in [1.29, 1.82) is 5.26 Å². The Morgan fingerprint density at radius 2 is 1.94 bits per heavy atom. The lowest BCUT2D eigenvalue weighted by Crippen LogP contribution is -2.32.